The molecule has 0 aromatic heterocycles. The number of sulfonamides is 1. The lowest BCUT2D eigenvalue weighted by molar-refractivity contribution is -0.136. The monoisotopic (exact) mass is 428 g/mol. The summed E-state index contributed by atoms with van der Waals surface area (Å²) in [5, 5.41) is 0.275. The normalized spacial score (nSPS) is 21.9. The molecule has 0 aliphatic carbocycles. The molecule has 1 atom stereocenters. The predicted octanol–water partition coefficient (Wildman–Crippen LogP) is 3.54. The van der Waals surface area contributed by atoms with Crippen molar-refractivity contribution in [1.29, 1.82) is 0 Å². The van der Waals surface area contributed by atoms with E-state index >= 15 is 0 Å². The van der Waals surface area contributed by atoms with Crippen molar-refractivity contribution in [2.45, 2.75) is 50.3 Å². The van der Waals surface area contributed by atoms with Crippen molar-refractivity contribution >= 4 is 27.5 Å². The highest BCUT2D eigenvalue weighted by Crippen LogP contribution is 2.31. The third-order valence-corrected chi connectivity index (χ3v) is 7.65. The van der Waals surface area contributed by atoms with Crippen LogP contribution in [0.2, 0.25) is 5.02 Å². The van der Waals surface area contributed by atoms with Crippen LogP contribution < -0.4 is 4.74 Å². The van der Waals surface area contributed by atoms with Gasteiger partial charge in [-0.1, -0.05) is 24.4 Å². The van der Waals surface area contributed by atoms with Crippen LogP contribution in [0.5, 0.6) is 5.75 Å². The van der Waals surface area contributed by atoms with Crippen LogP contribution in [0, 0.1) is 5.92 Å². The van der Waals surface area contributed by atoms with Crippen molar-refractivity contribution in [3.8, 4) is 5.75 Å². The first-order valence-corrected chi connectivity index (χ1v) is 12.0. The Labute approximate surface area is 172 Å². The maximum atomic E-state index is 13.1. The van der Waals surface area contributed by atoms with E-state index in [9.17, 15) is 13.2 Å². The quantitative estimate of drug-likeness (QED) is 0.719. The molecule has 2 saturated heterocycles. The van der Waals surface area contributed by atoms with Crippen LogP contribution in [0.1, 0.15) is 45.4 Å². The van der Waals surface area contributed by atoms with Gasteiger partial charge in [-0.05, 0) is 50.8 Å². The van der Waals surface area contributed by atoms with Gasteiger partial charge in [0.15, 0.2) is 0 Å². The molecule has 1 aromatic rings. The summed E-state index contributed by atoms with van der Waals surface area (Å²) in [4.78, 5) is 15.0. The number of benzene rings is 1. The molecule has 8 heteroatoms. The van der Waals surface area contributed by atoms with Gasteiger partial charge in [0.2, 0.25) is 15.9 Å². The molecular formula is C20H29ClN2O4S. The number of rotatable bonds is 5. The smallest absolute Gasteiger partial charge is 0.243 e. The summed E-state index contributed by atoms with van der Waals surface area (Å²) in [5.74, 6) is 0.308. The molecule has 0 saturated carbocycles. The number of halogens is 1. The van der Waals surface area contributed by atoms with Crippen LogP contribution in [-0.4, -0.2) is 56.3 Å². The van der Waals surface area contributed by atoms with Crippen LogP contribution in [0.4, 0.5) is 0 Å². The summed E-state index contributed by atoms with van der Waals surface area (Å²) < 4.78 is 33.0. The molecule has 0 radical (unpaired) electrons. The molecular weight excluding hydrogens is 400 g/mol. The maximum Gasteiger partial charge on any atom is 0.243 e. The number of hydrogen-bond donors (Lipinski definition) is 0. The second-order valence-electron chi connectivity index (χ2n) is 7.47. The van der Waals surface area contributed by atoms with Crippen molar-refractivity contribution in [3.05, 3.63) is 23.2 Å². The van der Waals surface area contributed by atoms with Crippen molar-refractivity contribution < 1.29 is 17.9 Å². The largest absolute Gasteiger partial charge is 0.492 e. The molecule has 6 nitrogen and oxygen atoms in total. The highest BCUT2D eigenvalue weighted by atomic mass is 35.5. The second-order valence-corrected chi connectivity index (χ2v) is 9.81. The van der Waals surface area contributed by atoms with E-state index in [2.05, 4.69) is 0 Å². The first-order valence-electron chi connectivity index (χ1n) is 10.1. The van der Waals surface area contributed by atoms with Crippen LogP contribution in [-0.2, 0) is 14.8 Å². The Balaban J connectivity index is 1.73. The van der Waals surface area contributed by atoms with Crippen molar-refractivity contribution in [2.75, 3.05) is 32.8 Å². The summed E-state index contributed by atoms with van der Waals surface area (Å²) in [6.07, 6.45) is 5.82. The van der Waals surface area contributed by atoms with E-state index in [1.807, 2.05) is 11.8 Å². The van der Waals surface area contributed by atoms with E-state index in [0.29, 0.717) is 25.3 Å². The zero-order chi connectivity index (χ0) is 20.1. The van der Waals surface area contributed by atoms with Gasteiger partial charge in [0.25, 0.3) is 0 Å². The Morgan fingerprint density at radius 1 is 1.14 bits per heavy atom. The fourth-order valence-electron chi connectivity index (χ4n) is 3.98. The Hall–Kier alpha value is -1.31. The highest BCUT2D eigenvalue weighted by Gasteiger charge is 2.35. The van der Waals surface area contributed by atoms with Crippen molar-refractivity contribution in [3.63, 3.8) is 0 Å². The summed E-state index contributed by atoms with van der Waals surface area (Å²) in [6.45, 7) is 4.54. The van der Waals surface area contributed by atoms with E-state index in [4.69, 9.17) is 16.3 Å². The van der Waals surface area contributed by atoms with Gasteiger partial charge in [0.1, 0.15) is 5.75 Å². The lowest BCUT2D eigenvalue weighted by atomic mass is 9.98. The zero-order valence-electron chi connectivity index (χ0n) is 16.4. The molecule has 0 unspecified atom stereocenters. The lowest BCUT2D eigenvalue weighted by Gasteiger charge is -2.34. The molecule has 3 rings (SSSR count). The number of piperidine rings is 1. The Bertz CT molecular complexity index is 791. The number of amides is 1. The summed E-state index contributed by atoms with van der Waals surface area (Å²) in [7, 11) is -3.70. The molecule has 2 heterocycles. The van der Waals surface area contributed by atoms with E-state index in [-0.39, 0.29) is 28.3 Å². The topological polar surface area (TPSA) is 66.9 Å². The fraction of sp³-hybridized carbons (Fsp3) is 0.650. The van der Waals surface area contributed by atoms with Gasteiger partial charge in [-0.2, -0.15) is 4.31 Å². The molecule has 0 N–H and O–H groups in total. The number of carbonyl (C=O) groups excluding carboxylic acids is 1. The maximum absolute atomic E-state index is 13.1. The minimum absolute atomic E-state index is 0.103. The van der Waals surface area contributed by atoms with Crippen LogP contribution in [0.25, 0.3) is 0 Å². The number of nitrogens with zero attached hydrogens (tertiary/aromatic N) is 2. The molecule has 2 aliphatic heterocycles. The molecule has 28 heavy (non-hydrogen) atoms. The van der Waals surface area contributed by atoms with Gasteiger partial charge < -0.3 is 9.64 Å². The average molecular weight is 429 g/mol. The van der Waals surface area contributed by atoms with E-state index in [0.717, 1.165) is 45.2 Å². The third-order valence-electron chi connectivity index (χ3n) is 5.49. The number of likely N-dealkylation sites (tertiary alicyclic amines) is 1. The first kappa shape index (κ1) is 21.4. The third kappa shape index (κ3) is 4.81. The highest BCUT2D eigenvalue weighted by molar-refractivity contribution is 7.89. The lowest BCUT2D eigenvalue weighted by Crippen LogP contribution is -2.46. The van der Waals surface area contributed by atoms with Gasteiger partial charge in [0.05, 0.1) is 22.4 Å². The van der Waals surface area contributed by atoms with Crippen LogP contribution in [0.3, 0.4) is 0 Å². The van der Waals surface area contributed by atoms with Gasteiger partial charge in [-0.3, -0.25) is 4.79 Å². The molecule has 0 bridgehead atoms. The summed E-state index contributed by atoms with van der Waals surface area (Å²) >= 11 is 6.18. The predicted molar refractivity (Wildman–Crippen MR) is 109 cm³/mol. The summed E-state index contributed by atoms with van der Waals surface area (Å²) in [5.41, 5.74) is 0. The SMILES string of the molecule is CCOc1ccc(S(=O)(=O)N2CCC[C@H](C(=O)N3CCCCCC3)C2)cc1Cl. The van der Waals surface area contributed by atoms with Crippen molar-refractivity contribution in [2.24, 2.45) is 5.92 Å². The molecule has 2 aliphatic rings. The van der Waals surface area contributed by atoms with Gasteiger partial charge in [-0.15, -0.1) is 0 Å². The number of carbonyl (C=O) groups is 1. The van der Waals surface area contributed by atoms with E-state index in [1.165, 1.54) is 16.4 Å². The molecule has 0 spiro atoms. The molecule has 1 aromatic carbocycles. The Kier molecular flexibility index (Phi) is 7.23. The number of ether oxygens (including phenoxy) is 1. The van der Waals surface area contributed by atoms with Crippen LogP contribution >= 0.6 is 11.6 Å². The van der Waals surface area contributed by atoms with Crippen molar-refractivity contribution in [1.82, 2.24) is 9.21 Å². The average Bonchev–Trinajstić information content (AvgIpc) is 2.98. The van der Waals surface area contributed by atoms with Gasteiger partial charge >= 0.3 is 0 Å². The minimum atomic E-state index is -3.70. The van der Waals surface area contributed by atoms with E-state index < -0.39 is 10.0 Å². The van der Waals surface area contributed by atoms with Gasteiger partial charge in [-0.25, -0.2) is 8.42 Å². The Morgan fingerprint density at radius 3 is 2.50 bits per heavy atom. The second kappa shape index (κ2) is 9.46. The first-order chi connectivity index (χ1) is 13.4. The summed E-state index contributed by atoms with van der Waals surface area (Å²) in [6, 6.07) is 4.54. The minimum Gasteiger partial charge on any atom is -0.492 e. The van der Waals surface area contributed by atoms with Gasteiger partial charge in [0, 0.05) is 26.2 Å². The number of hydrogen-bond acceptors (Lipinski definition) is 4. The van der Waals surface area contributed by atoms with E-state index in [1.54, 1.807) is 6.07 Å². The standard InChI is InChI=1S/C20H29ClN2O4S/c1-2-27-19-10-9-17(14-18(19)21)28(25,26)23-13-7-8-16(15-23)20(24)22-11-5-3-4-6-12-22/h9-10,14,16H,2-8,11-13,15H2,1H3/t16-/m0/s1. The molecule has 1 amide bonds. The molecule has 156 valence electrons. The van der Waals surface area contributed by atoms with Crippen LogP contribution in [0.15, 0.2) is 23.1 Å². The fourth-order valence-corrected chi connectivity index (χ4v) is 5.83. The Morgan fingerprint density at radius 2 is 1.86 bits per heavy atom. The zero-order valence-corrected chi connectivity index (χ0v) is 18.0. The molecule has 2 fully saturated rings.